The number of rotatable bonds is 5. The number of thiophene rings is 1. The Morgan fingerprint density at radius 2 is 2.03 bits per heavy atom. The summed E-state index contributed by atoms with van der Waals surface area (Å²) in [4.78, 5) is 50.9. The Labute approximate surface area is 184 Å². The molecule has 12 heteroatoms. The van der Waals surface area contributed by atoms with Crippen LogP contribution in [0.1, 0.15) is 17.8 Å². The number of anilines is 1. The Hall–Kier alpha value is -2.86. The number of non-ortho nitro benzene ring substituents is 1. The van der Waals surface area contributed by atoms with Crippen molar-refractivity contribution in [2.45, 2.75) is 24.6 Å². The molecule has 5 unspecified atom stereocenters. The number of nitro benzene ring substituents is 1. The summed E-state index contributed by atoms with van der Waals surface area (Å²) in [5.74, 6) is -5.61. The fraction of sp³-hybridized carbons (Fsp3) is 0.316. The van der Waals surface area contributed by atoms with Gasteiger partial charge in [-0.2, -0.15) is 0 Å². The van der Waals surface area contributed by atoms with E-state index in [-0.39, 0.29) is 11.4 Å². The van der Waals surface area contributed by atoms with Gasteiger partial charge in [0.05, 0.1) is 38.9 Å². The molecule has 2 amide bonds. The molecule has 2 fully saturated rings. The molecule has 2 saturated heterocycles. The highest BCUT2D eigenvalue weighted by Gasteiger charge is 2.70. The number of nitrogens with one attached hydrogen (secondary N) is 1. The van der Waals surface area contributed by atoms with E-state index in [1.165, 1.54) is 25.1 Å². The van der Waals surface area contributed by atoms with Crippen LogP contribution in [0.3, 0.4) is 0 Å². The molecule has 0 aliphatic carbocycles. The first-order chi connectivity index (χ1) is 14.6. The minimum absolute atomic E-state index is 0.0357. The number of aliphatic carboxylic acids is 1. The number of carboxylic acid groups (broad SMARTS) is 1. The molecule has 162 valence electrons. The number of halogens is 1. The number of benzene rings is 1. The van der Waals surface area contributed by atoms with Gasteiger partial charge in [0.25, 0.3) is 5.69 Å². The van der Waals surface area contributed by atoms with Gasteiger partial charge in [-0.1, -0.05) is 17.7 Å². The summed E-state index contributed by atoms with van der Waals surface area (Å²) in [5, 5.41) is 34.4. The van der Waals surface area contributed by atoms with Crippen molar-refractivity contribution in [3.8, 4) is 0 Å². The van der Waals surface area contributed by atoms with Gasteiger partial charge in [0.1, 0.15) is 0 Å². The third-order valence-corrected chi connectivity index (χ3v) is 7.12. The van der Waals surface area contributed by atoms with E-state index < -0.39 is 52.2 Å². The van der Waals surface area contributed by atoms with Gasteiger partial charge in [-0.25, -0.2) is 4.90 Å². The first kappa shape index (κ1) is 21.4. The van der Waals surface area contributed by atoms with Gasteiger partial charge in [0, 0.05) is 17.0 Å². The van der Waals surface area contributed by atoms with E-state index in [0.29, 0.717) is 9.21 Å². The van der Waals surface area contributed by atoms with Gasteiger partial charge in [-0.3, -0.25) is 29.8 Å². The van der Waals surface area contributed by atoms with E-state index in [2.05, 4.69) is 5.32 Å². The fourth-order valence-electron chi connectivity index (χ4n) is 4.44. The lowest BCUT2D eigenvalue weighted by atomic mass is 9.77. The standard InChI is InChI=1S/C19H16ClN3O7S/c1-8(24)19(18(27)28)14-13(15(21-19)11-5-6-12(20)31-11)16(25)22(17(14)26)9-3-2-4-10(7-9)23(29)30/h2-8,13-15,21,24H,1H3,(H,27,28). The molecule has 0 spiro atoms. The second-order valence-electron chi connectivity index (χ2n) is 7.41. The Balaban J connectivity index is 1.87. The molecule has 0 bridgehead atoms. The highest BCUT2D eigenvalue weighted by Crippen LogP contribution is 2.52. The summed E-state index contributed by atoms with van der Waals surface area (Å²) in [6.07, 6.45) is -1.53. The van der Waals surface area contributed by atoms with E-state index in [4.69, 9.17) is 11.6 Å². The number of carbonyl (C=O) groups excluding carboxylic acids is 2. The zero-order valence-electron chi connectivity index (χ0n) is 15.9. The highest BCUT2D eigenvalue weighted by atomic mass is 35.5. The van der Waals surface area contributed by atoms with E-state index in [9.17, 15) is 34.7 Å². The normalized spacial score (nSPS) is 28.6. The Morgan fingerprint density at radius 3 is 2.58 bits per heavy atom. The minimum Gasteiger partial charge on any atom is -0.480 e. The number of aliphatic hydroxyl groups is 1. The number of hydrogen-bond acceptors (Lipinski definition) is 8. The highest BCUT2D eigenvalue weighted by molar-refractivity contribution is 7.16. The average molecular weight is 466 g/mol. The molecule has 2 aromatic rings. The molecule has 10 nitrogen and oxygen atoms in total. The monoisotopic (exact) mass is 465 g/mol. The van der Waals surface area contributed by atoms with Gasteiger partial charge in [-0.15, -0.1) is 11.3 Å². The largest absolute Gasteiger partial charge is 0.480 e. The number of fused-ring (bicyclic) bond motifs is 1. The van der Waals surface area contributed by atoms with Crippen molar-refractivity contribution < 1.29 is 29.5 Å². The van der Waals surface area contributed by atoms with Crippen molar-refractivity contribution in [1.82, 2.24) is 5.32 Å². The maximum absolute atomic E-state index is 13.4. The number of nitrogens with zero attached hydrogens (tertiary/aromatic N) is 2. The molecule has 3 N–H and O–H groups in total. The maximum atomic E-state index is 13.4. The maximum Gasteiger partial charge on any atom is 0.327 e. The molecule has 0 radical (unpaired) electrons. The number of carbonyl (C=O) groups is 3. The summed E-state index contributed by atoms with van der Waals surface area (Å²) in [6.45, 7) is 1.23. The Bertz CT molecular complexity index is 1120. The van der Waals surface area contributed by atoms with E-state index >= 15 is 0 Å². The van der Waals surface area contributed by atoms with Gasteiger partial charge in [-0.05, 0) is 25.1 Å². The quantitative estimate of drug-likeness (QED) is 0.344. The van der Waals surface area contributed by atoms with Crippen LogP contribution in [-0.4, -0.2) is 44.6 Å². The number of carboxylic acids is 1. The van der Waals surface area contributed by atoms with Crippen LogP contribution in [0.5, 0.6) is 0 Å². The molecular formula is C19H16ClN3O7S. The average Bonchev–Trinajstić information content (AvgIpc) is 3.36. The first-order valence-electron chi connectivity index (χ1n) is 9.16. The molecule has 2 aliphatic heterocycles. The van der Waals surface area contributed by atoms with Crippen molar-refractivity contribution in [2.75, 3.05) is 4.90 Å². The van der Waals surface area contributed by atoms with E-state index in [0.717, 1.165) is 22.3 Å². The second kappa shape index (κ2) is 7.38. The van der Waals surface area contributed by atoms with Crippen LogP contribution in [0.25, 0.3) is 0 Å². The van der Waals surface area contributed by atoms with Gasteiger partial charge in [0.15, 0.2) is 5.54 Å². The van der Waals surface area contributed by atoms with Crippen LogP contribution >= 0.6 is 22.9 Å². The van der Waals surface area contributed by atoms with Crippen molar-refractivity contribution in [1.29, 1.82) is 0 Å². The van der Waals surface area contributed by atoms with Crippen LogP contribution in [0.15, 0.2) is 36.4 Å². The number of imide groups is 1. The smallest absolute Gasteiger partial charge is 0.327 e. The predicted octanol–water partition coefficient (Wildman–Crippen LogP) is 1.96. The third-order valence-electron chi connectivity index (χ3n) is 5.81. The Morgan fingerprint density at radius 1 is 1.32 bits per heavy atom. The van der Waals surface area contributed by atoms with Crippen LogP contribution in [0, 0.1) is 22.0 Å². The van der Waals surface area contributed by atoms with E-state index in [1.807, 2.05) is 0 Å². The molecule has 0 saturated carbocycles. The van der Waals surface area contributed by atoms with Crippen molar-refractivity contribution in [2.24, 2.45) is 11.8 Å². The summed E-state index contributed by atoms with van der Waals surface area (Å²) >= 11 is 7.14. The summed E-state index contributed by atoms with van der Waals surface area (Å²) < 4.78 is 0.408. The molecule has 5 atom stereocenters. The summed E-state index contributed by atoms with van der Waals surface area (Å²) in [5.41, 5.74) is -2.49. The molecule has 3 heterocycles. The van der Waals surface area contributed by atoms with Crippen molar-refractivity contribution >= 4 is 52.1 Å². The fourth-order valence-corrected chi connectivity index (χ4v) is 5.60. The lowest BCUT2D eigenvalue weighted by Crippen LogP contribution is -2.62. The summed E-state index contributed by atoms with van der Waals surface area (Å²) in [7, 11) is 0. The van der Waals surface area contributed by atoms with E-state index in [1.54, 1.807) is 12.1 Å². The van der Waals surface area contributed by atoms with Crippen LogP contribution < -0.4 is 10.2 Å². The second-order valence-corrected chi connectivity index (χ2v) is 9.15. The Kier molecular flexibility index (Phi) is 5.09. The predicted molar refractivity (Wildman–Crippen MR) is 110 cm³/mol. The molecule has 31 heavy (non-hydrogen) atoms. The number of amides is 2. The van der Waals surface area contributed by atoms with Gasteiger partial charge in [0.2, 0.25) is 11.8 Å². The zero-order valence-corrected chi connectivity index (χ0v) is 17.5. The molecular weight excluding hydrogens is 450 g/mol. The molecule has 1 aromatic carbocycles. The third kappa shape index (κ3) is 3.04. The number of nitro groups is 1. The lowest BCUT2D eigenvalue weighted by molar-refractivity contribution is -0.384. The number of hydrogen-bond donors (Lipinski definition) is 3. The number of aliphatic hydroxyl groups excluding tert-OH is 1. The van der Waals surface area contributed by atoms with Crippen molar-refractivity contribution in [3.63, 3.8) is 0 Å². The van der Waals surface area contributed by atoms with Crippen molar-refractivity contribution in [3.05, 3.63) is 55.7 Å². The SMILES string of the molecule is CC(O)C1(C(=O)O)NC(c2ccc(Cl)s2)C2C(=O)N(c3cccc([N+](=O)[O-])c3)C(=O)C21. The van der Waals surface area contributed by atoms with Gasteiger partial charge < -0.3 is 10.2 Å². The molecule has 1 aromatic heterocycles. The van der Waals surface area contributed by atoms with Crippen LogP contribution in [-0.2, 0) is 14.4 Å². The first-order valence-corrected chi connectivity index (χ1v) is 10.4. The zero-order chi connectivity index (χ0) is 22.7. The van der Waals surface area contributed by atoms with Gasteiger partial charge >= 0.3 is 5.97 Å². The summed E-state index contributed by atoms with van der Waals surface area (Å²) in [6, 6.07) is 7.29. The van der Waals surface area contributed by atoms with Crippen LogP contribution in [0.4, 0.5) is 11.4 Å². The molecule has 2 aliphatic rings. The molecule has 4 rings (SSSR count). The topological polar surface area (TPSA) is 150 Å². The lowest BCUT2D eigenvalue weighted by Gasteiger charge is -2.33. The van der Waals surface area contributed by atoms with Crippen LogP contribution in [0.2, 0.25) is 4.34 Å². The minimum atomic E-state index is -2.13.